The van der Waals surface area contributed by atoms with Crippen LogP contribution in [-0.4, -0.2) is 25.9 Å². The van der Waals surface area contributed by atoms with Crippen molar-refractivity contribution in [2.45, 2.75) is 76.2 Å². The molecule has 3 aromatic rings. The average Bonchev–Trinajstić information content (AvgIpc) is 2.98. The largest absolute Gasteiger partial charge is 0.494 e. The Labute approximate surface area is 241 Å². The van der Waals surface area contributed by atoms with Crippen molar-refractivity contribution in [3.63, 3.8) is 0 Å². The Hall–Kier alpha value is -3.51. The highest BCUT2D eigenvalue weighted by Crippen LogP contribution is 2.29. The van der Waals surface area contributed by atoms with Gasteiger partial charge in [0.2, 0.25) is 10.0 Å². The molecule has 0 bridgehead atoms. The smallest absolute Gasteiger partial charge is 0.245 e. The van der Waals surface area contributed by atoms with Gasteiger partial charge >= 0.3 is 0 Å². The molecular weight excluding hydrogens is 514 g/mol. The average molecular weight is 556 g/mol. The molecule has 1 atom stereocenters. The van der Waals surface area contributed by atoms with Crippen LogP contribution in [0.4, 0.5) is 0 Å². The van der Waals surface area contributed by atoms with E-state index in [-0.39, 0.29) is 11.4 Å². The minimum atomic E-state index is -3.91. The molecule has 0 fully saturated rings. The molecule has 0 heterocycles. The normalized spacial score (nSPS) is 11.8. The fourth-order valence-electron chi connectivity index (χ4n) is 4.42. The lowest BCUT2D eigenvalue weighted by Gasteiger charge is -2.26. The Bertz CT molecular complexity index is 1360. The molecule has 0 saturated heterocycles. The van der Waals surface area contributed by atoms with Gasteiger partial charge in [-0.1, -0.05) is 118 Å². The summed E-state index contributed by atoms with van der Waals surface area (Å²) in [5, 5.41) is 0. The third-order valence-corrected chi connectivity index (χ3v) is 8.58. The number of nitrogens with zero attached hydrogens (tertiary/aromatic N) is 1. The van der Waals surface area contributed by atoms with Crippen molar-refractivity contribution >= 4 is 10.0 Å². The number of benzene rings is 3. The summed E-state index contributed by atoms with van der Waals surface area (Å²) in [6.07, 6.45) is 15.6. The fourth-order valence-corrected chi connectivity index (χ4v) is 5.88. The number of sulfonamides is 1. The summed E-state index contributed by atoms with van der Waals surface area (Å²) < 4.78 is 34.7. The zero-order valence-electron chi connectivity index (χ0n) is 23.8. The molecule has 40 heavy (non-hydrogen) atoms. The first-order valence-corrected chi connectivity index (χ1v) is 15.7. The van der Waals surface area contributed by atoms with Crippen molar-refractivity contribution in [1.82, 2.24) is 4.31 Å². The van der Waals surface area contributed by atoms with Crippen LogP contribution < -0.4 is 4.74 Å². The summed E-state index contributed by atoms with van der Waals surface area (Å²) >= 11 is 0. The lowest BCUT2D eigenvalue weighted by Crippen LogP contribution is -2.34. The van der Waals surface area contributed by atoms with Gasteiger partial charge < -0.3 is 4.74 Å². The van der Waals surface area contributed by atoms with Gasteiger partial charge in [-0.25, -0.2) is 8.42 Å². The number of unbranched alkanes of at least 4 members (excludes halogenated alkanes) is 7. The van der Waals surface area contributed by atoms with Gasteiger partial charge in [-0.05, 0) is 55.3 Å². The minimum absolute atomic E-state index is 0.110. The Kier molecular flexibility index (Phi) is 12.8. The van der Waals surface area contributed by atoms with Crippen molar-refractivity contribution in [2.24, 2.45) is 0 Å². The van der Waals surface area contributed by atoms with Crippen LogP contribution in [-0.2, 0) is 10.0 Å². The number of hydrogen-bond acceptors (Lipinski definition) is 3. The molecule has 0 amide bonds. The van der Waals surface area contributed by atoms with E-state index >= 15 is 0 Å². The predicted octanol–water partition coefficient (Wildman–Crippen LogP) is 7.93. The van der Waals surface area contributed by atoms with E-state index in [0.717, 1.165) is 28.9 Å². The van der Waals surface area contributed by atoms with Crippen LogP contribution in [0.2, 0.25) is 0 Å². The van der Waals surface area contributed by atoms with Gasteiger partial charge in [-0.2, -0.15) is 4.31 Å². The number of ether oxygens (including phenoxy) is 1. The molecular formula is C35H41NO3S. The fraction of sp³-hybridized carbons (Fsp3) is 0.371. The first-order chi connectivity index (χ1) is 19.5. The monoisotopic (exact) mass is 555 g/mol. The standard InChI is InChI=1S/C35H41NO3S/c1-4-6-7-8-9-10-11-15-29-39-33-25-23-32(24-26-33)35(27-22-31-20-18-30(3)19-21-31)36(28-5-2)40(37,38)34-16-13-12-14-17-34/h2,12-14,16-21,23-26,35H,4,6-11,15,28-29H2,1,3H3. The molecule has 5 heteroatoms. The molecule has 3 rings (SSSR count). The Morgan fingerprint density at radius 3 is 2.08 bits per heavy atom. The van der Waals surface area contributed by atoms with Gasteiger partial charge in [-0.15, -0.1) is 6.42 Å². The maximum atomic E-state index is 13.7. The molecule has 0 saturated carbocycles. The second-order valence-corrected chi connectivity index (χ2v) is 11.9. The lowest BCUT2D eigenvalue weighted by atomic mass is 10.1. The minimum Gasteiger partial charge on any atom is -0.494 e. The quantitative estimate of drug-likeness (QED) is 0.141. The molecule has 210 valence electrons. The van der Waals surface area contributed by atoms with E-state index < -0.39 is 16.1 Å². The number of terminal acetylenes is 1. The van der Waals surface area contributed by atoms with Crippen molar-refractivity contribution in [1.29, 1.82) is 0 Å². The van der Waals surface area contributed by atoms with Crippen LogP contribution in [0.5, 0.6) is 5.75 Å². The van der Waals surface area contributed by atoms with E-state index in [4.69, 9.17) is 11.2 Å². The number of rotatable bonds is 15. The van der Waals surface area contributed by atoms with Gasteiger partial charge in [0.1, 0.15) is 11.8 Å². The van der Waals surface area contributed by atoms with Gasteiger partial charge in [0.05, 0.1) is 18.0 Å². The second kappa shape index (κ2) is 16.6. The summed E-state index contributed by atoms with van der Waals surface area (Å²) in [4.78, 5) is 0.178. The van der Waals surface area contributed by atoms with E-state index in [0.29, 0.717) is 6.61 Å². The first-order valence-electron chi connectivity index (χ1n) is 14.3. The SMILES string of the molecule is C#CCN(C(C#Cc1ccc(C)cc1)c1ccc(OCCCCCCCCCC)cc1)S(=O)(=O)c1ccccc1. The van der Waals surface area contributed by atoms with Crippen molar-refractivity contribution < 1.29 is 13.2 Å². The third kappa shape index (κ3) is 9.60. The Balaban J connectivity index is 1.77. The summed E-state index contributed by atoms with van der Waals surface area (Å²) in [6, 6.07) is 22.9. The molecule has 0 N–H and O–H groups in total. The molecule has 0 aromatic heterocycles. The van der Waals surface area contributed by atoms with Crippen LogP contribution in [0.25, 0.3) is 0 Å². The van der Waals surface area contributed by atoms with Crippen LogP contribution >= 0.6 is 0 Å². The predicted molar refractivity (Wildman–Crippen MR) is 165 cm³/mol. The lowest BCUT2D eigenvalue weighted by molar-refractivity contribution is 0.304. The van der Waals surface area contributed by atoms with E-state index in [9.17, 15) is 8.42 Å². The molecule has 3 aromatic carbocycles. The van der Waals surface area contributed by atoms with E-state index in [1.165, 1.54) is 49.3 Å². The molecule has 4 nitrogen and oxygen atoms in total. The van der Waals surface area contributed by atoms with Gasteiger partial charge in [-0.3, -0.25) is 0 Å². The molecule has 0 aliphatic carbocycles. The van der Waals surface area contributed by atoms with Crippen molar-refractivity contribution in [2.75, 3.05) is 13.2 Å². The van der Waals surface area contributed by atoms with E-state index in [2.05, 4.69) is 24.7 Å². The van der Waals surface area contributed by atoms with Gasteiger partial charge in [0.25, 0.3) is 0 Å². The van der Waals surface area contributed by atoms with Gasteiger partial charge in [0, 0.05) is 5.56 Å². The molecule has 1 unspecified atom stereocenters. The number of aryl methyl sites for hydroxylation is 1. The van der Waals surface area contributed by atoms with Gasteiger partial charge in [0.15, 0.2) is 0 Å². The summed E-state index contributed by atoms with van der Waals surface area (Å²) in [7, 11) is -3.91. The highest BCUT2D eigenvalue weighted by molar-refractivity contribution is 7.89. The molecule has 0 spiro atoms. The van der Waals surface area contributed by atoms with Crippen LogP contribution in [0.15, 0.2) is 83.8 Å². The molecule has 0 aliphatic heterocycles. The highest BCUT2D eigenvalue weighted by Gasteiger charge is 2.31. The maximum absolute atomic E-state index is 13.7. The van der Waals surface area contributed by atoms with Crippen LogP contribution in [0.3, 0.4) is 0 Å². The topological polar surface area (TPSA) is 46.6 Å². The number of hydrogen-bond donors (Lipinski definition) is 0. The Morgan fingerprint density at radius 2 is 1.45 bits per heavy atom. The third-order valence-electron chi connectivity index (χ3n) is 6.75. The summed E-state index contributed by atoms with van der Waals surface area (Å²) in [6.45, 7) is 4.81. The Morgan fingerprint density at radius 1 is 0.825 bits per heavy atom. The summed E-state index contributed by atoms with van der Waals surface area (Å²) in [5.74, 6) is 9.64. The zero-order chi connectivity index (χ0) is 28.6. The summed E-state index contributed by atoms with van der Waals surface area (Å²) in [5.41, 5.74) is 2.66. The second-order valence-electron chi connectivity index (χ2n) is 10.00. The van der Waals surface area contributed by atoms with E-state index in [1.54, 1.807) is 30.3 Å². The molecule has 0 aliphatic rings. The maximum Gasteiger partial charge on any atom is 0.245 e. The highest BCUT2D eigenvalue weighted by atomic mass is 32.2. The molecule has 0 radical (unpaired) electrons. The van der Waals surface area contributed by atoms with E-state index in [1.807, 2.05) is 55.5 Å². The van der Waals surface area contributed by atoms with Crippen molar-refractivity contribution in [3.8, 4) is 29.9 Å². The zero-order valence-corrected chi connectivity index (χ0v) is 24.6. The first kappa shape index (κ1) is 31.0. The van der Waals surface area contributed by atoms with Crippen LogP contribution in [0, 0.1) is 31.1 Å². The van der Waals surface area contributed by atoms with Crippen LogP contribution in [0.1, 0.15) is 81.0 Å². The van der Waals surface area contributed by atoms with Crippen molar-refractivity contribution in [3.05, 3.63) is 95.6 Å².